The van der Waals surface area contributed by atoms with Crippen LogP contribution in [0.3, 0.4) is 0 Å². The Morgan fingerprint density at radius 1 is 1.40 bits per heavy atom. The molecule has 0 aromatic carbocycles. The predicted octanol–water partition coefficient (Wildman–Crippen LogP) is 0.866. The lowest BCUT2D eigenvalue weighted by atomic mass is 10.6. The van der Waals surface area contributed by atoms with Crippen LogP contribution in [0.5, 0.6) is 0 Å². The van der Waals surface area contributed by atoms with Gasteiger partial charge >= 0.3 is 6.18 Å². The molecule has 0 N–H and O–H groups in total. The average molecular weight is 242 g/mol. The van der Waals surface area contributed by atoms with Crippen LogP contribution in [0, 0.1) is 11.3 Å². The van der Waals surface area contributed by atoms with E-state index in [1.165, 1.54) is 6.07 Å². The molecule has 1 fully saturated rings. The third kappa shape index (κ3) is 3.68. The summed E-state index contributed by atoms with van der Waals surface area (Å²) in [4.78, 5) is 0. The number of hydrogen-bond donors (Lipinski definition) is 0. The van der Waals surface area contributed by atoms with E-state index >= 15 is 0 Å². The smallest absolute Gasteiger partial charge is 0.211 e. The Hall–Kier alpha value is -0.810. The van der Waals surface area contributed by atoms with Crippen LogP contribution in [-0.2, 0) is 10.0 Å². The summed E-state index contributed by atoms with van der Waals surface area (Å²) in [7, 11) is -4.09. The van der Waals surface area contributed by atoms with Gasteiger partial charge in [0.1, 0.15) is 6.54 Å². The first-order valence-electron chi connectivity index (χ1n) is 4.19. The Morgan fingerprint density at radius 3 is 2.27 bits per heavy atom. The number of halogens is 3. The van der Waals surface area contributed by atoms with E-state index in [1.54, 1.807) is 0 Å². The first kappa shape index (κ1) is 12.3. The minimum Gasteiger partial charge on any atom is -0.211 e. The lowest BCUT2D eigenvalue weighted by molar-refractivity contribution is -0.136. The van der Waals surface area contributed by atoms with Gasteiger partial charge in [-0.1, -0.05) is 0 Å². The maximum absolute atomic E-state index is 12.1. The molecule has 4 nitrogen and oxygen atoms in total. The van der Waals surface area contributed by atoms with Crippen LogP contribution in [0.1, 0.15) is 12.8 Å². The SMILES string of the molecule is N#CCS(=O)(=O)N(CC(F)(F)F)C1CC1. The quantitative estimate of drug-likeness (QED) is 0.734. The zero-order valence-electron chi connectivity index (χ0n) is 7.66. The molecule has 0 unspecified atom stereocenters. The van der Waals surface area contributed by atoms with Gasteiger partial charge in [0.05, 0.1) is 6.07 Å². The van der Waals surface area contributed by atoms with Crippen LogP contribution in [0.25, 0.3) is 0 Å². The van der Waals surface area contributed by atoms with Crippen molar-refractivity contribution in [1.82, 2.24) is 4.31 Å². The van der Waals surface area contributed by atoms with Gasteiger partial charge < -0.3 is 0 Å². The van der Waals surface area contributed by atoms with Gasteiger partial charge in [-0.2, -0.15) is 22.7 Å². The van der Waals surface area contributed by atoms with Crippen LogP contribution in [0.15, 0.2) is 0 Å². The largest absolute Gasteiger partial charge is 0.402 e. The minimum absolute atomic E-state index is 0.385. The van der Waals surface area contributed by atoms with Crippen LogP contribution >= 0.6 is 0 Å². The zero-order chi connectivity index (χ0) is 11.7. The molecule has 1 aliphatic carbocycles. The van der Waals surface area contributed by atoms with E-state index in [4.69, 9.17) is 5.26 Å². The van der Waals surface area contributed by atoms with Crippen molar-refractivity contribution in [2.75, 3.05) is 12.3 Å². The second kappa shape index (κ2) is 3.98. The molecule has 0 spiro atoms. The third-order valence-electron chi connectivity index (χ3n) is 1.89. The van der Waals surface area contributed by atoms with Gasteiger partial charge in [0, 0.05) is 6.04 Å². The molecule has 0 saturated heterocycles. The van der Waals surface area contributed by atoms with Gasteiger partial charge in [0.2, 0.25) is 10.0 Å². The second-order valence-electron chi connectivity index (χ2n) is 3.31. The van der Waals surface area contributed by atoms with Crippen LogP contribution < -0.4 is 0 Å². The molecule has 1 aliphatic rings. The number of sulfonamides is 1. The molecule has 1 rings (SSSR count). The first-order chi connectivity index (χ1) is 6.76. The van der Waals surface area contributed by atoms with E-state index in [9.17, 15) is 21.6 Å². The summed E-state index contributed by atoms with van der Waals surface area (Å²) < 4.78 is 59.2. The van der Waals surface area contributed by atoms with E-state index < -0.39 is 34.5 Å². The Morgan fingerprint density at radius 2 is 1.93 bits per heavy atom. The fourth-order valence-corrected chi connectivity index (χ4v) is 2.50. The zero-order valence-corrected chi connectivity index (χ0v) is 8.48. The van der Waals surface area contributed by atoms with Crippen molar-refractivity contribution >= 4 is 10.0 Å². The van der Waals surface area contributed by atoms with Crippen molar-refractivity contribution in [3.63, 3.8) is 0 Å². The minimum atomic E-state index is -4.56. The van der Waals surface area contributed by atoms with Crippen molar-refractivity contribution in [1.29, 1.82) is 5.26 Å². The molecular weight excluding hydrogens is 233 g/mol. The van der Waals surface area contributed by atoms with Gasteiger partial charge in [-0.05, 0) is 12.8 Å². The van der Waals surface area contributed by atoms with Gasteiger partial charge in [-0.3, -0.25) is 0 Å². The van der Waals surface area contributed by atoms with E-state index in [-0.39, 0.29) is 0 Å². The summed E-state index contributed by atoms with van der Waals surface area (Å²) in [5.41, 5.74) is 0. The predicted molar refractivity (Wildman–Crippen MR) is 45.2 cm³/mol. The van der Waals surface area contributed by atoms with Crippen LogP contribution in [0.2, 0.25) is 0 Å². The molecule has 0 radical (unpaired) electrons. The summed E-state index contributed by atoms with van der Waals surface area (Å²) in [6, 6.07) is 0.781. The fraction of sp³-hybridized carbons (Fsp3) is 0.857. The van der Waals surface area contributed by atoms with Gasteiger partial charge in [0.15, 0.2) is 5.75 Å². The van der Waals surface area contributed by atoms with Crippen LogP contribution in [-0.4, -0.2) is 37.2 Å². The summed E-state index contributed by atoms with van der Waals surface area (Å²) >= 11 is 0. The van der Waals surface area contributed by atoms with E-state index in [0.717, 1.165) is 0 Å². The normalized spacial score (nSPS) is 17.8. The number of alkyl halides is 3. The molecule has 0 bridgehead atoms. The molecule has 0 amide bonds. The summed E-state index contributed by atoms with van der Waals surface area (Å²) in [6.07, 6.45) is -3.70. The van der Waals surface area contributed by atoms with Crippen molar-refractivity contribution in [3.05, 3.63) is 0 Å². The average Bonchev–Trinajstić information content (AvgIpc) is 2.80. The van der Waals surface area contributed by atoms with E-state index in [2.05, 4.69) is 0 Å². The Labute approximate surface area is 85.3 Å². The fourth-order valence-electron chi connectivity index (χ4n) is 1.16. The lowest BCUT2D eigenvalue weighted by Gasteiger charge is -2.21. The van der Waals surface area contributed by atoms with Crippen LogP contribution in [0.4, 0.5) is 13.2 Å². The van der Waals surface area contributed by atoms with Gasteiger partial charge in [-0.15, -0.1) is 0 Å². The highest BCUT2D eigenvalue weighted by Gasteiger charge is 2.43. The van der Waals surface area contributed by atoms with Gasteiger partial charge in [0.25, 0.3) is 0 Å². The maximum Gasteiger partial charge on any atom is 0.402 e. The lowest BCUT2D eigenvalue weighted by Crippen LogP contribution is -2.41. The number of nitrogens with zero attached hydrogens (tertiary/aromatic N) is 2. The molecular formula is C7H9F3N2O2S. The molecule has 0 heterocycles. The second-order valence-corrected chi connectivity index (χ2v) is 5.23. The Kier molecular flexibility index (Phi) is 3.25. The third-order valence-corrected chi connectivity index (χ3v) is 3.53. The van der Waals surface area contributed by atoms with Gasteiger partial charge in [-0.25, -0.2) is 8.42 Å². The molecule has 0 atom stereocenters. The Bertz CT molecular complexity index is 367. The molecule has 86 valence electrons. The Balaban J connectivity index is 2.80. The first-order valence-corrected chi connectivity index (χ1v) is 5.80. The highest BCUT2D eigenvalue weighted by atomic mass is 32.2. The highest BCUT2D eigenvalue weighted by molar-refractivity contribution is 7.89. The summed E-state index contributed by atoms with van der Waals surface area (Å²) in [6.45, 7) is -1.50. The van der Waals surface area contributed by atoms with E-state index in [1.807, 2.05) is 0 Å². The van der Waals surface area contributed by atoms with Crippen molar-refractivity contribution in [2.45, 2.75) is 25.1 Å². The summed E-state index contributed by atoms with van der Waals surface area (Å²) in [5.74, 6) is -0.903. The molecule has 0 aromatic rings. The highest BCUT2D eigenvalue weighted by Crippen LogP contribution is 2.32. The molecule has 15 heavy (non-hydrogen) atoms. The maximum atomic E-state index is 12.1. The van der Waals surface area contributed by atoms with Crippen molar-refractivity contribution in [2.24, 2.45) is 0 Å². The number of rotatable bonds is 4. The standard InChI is InChI=1S/C7H9F3N2O2S/c8-7(9,10)5-12(6-1-2-6)15(13,14)4-3-11/h6H,1-2,4-5H2. The van der Waals surface area contributed by atoms with E-state index in [0.29, 0.717) is 17.1 Å². The van der Waals surface area contributed by atoms with Crippen molar-refractivity contribution < 1.29 is 21.6 Å². The molecule has 8 heteroatoms. The topological polar surface area (TPSA) is 61.2 Å². The monoisotopic (exact) mass is 242 g/mol. The number of nitriles is 1. The molecule has 0 aromatic heterocycles. The van der Waals surface area contributed by atoms with Crippen molar-refractivity contribution in [3.8, 4) is 6.07 Å². The molecule has 1 saturated carbocycles. The number of hydrogen-bond acceptors (Lipinski definition) is 3. The summed E-state index contributed by atoms with van der Waals surface area (Å²) in [5, 5.41) is 8.21. The molecule has 0 aliphatic heterocycles.